The summed E-state index contributed by atoms with van der Waals surface area (Å²) in [5.74, 6) is 0.457. The topological polar surface area (TPSA) is 17.1 Å². The summed E-state index contributed by atoms with van der Waals surface area (Å²) in [7, 11) is 0. The Hall–Kier alpha value is -0.330. The molecule has 0 bridgehead atoms. The highest BCUT2D eigenvalue weighted by atomic mass is 16.1. The van der Waals surface area contributed by atoms with Crippen LogP contribution in [0.25, 0.3) is 0 Å². The molecule has 0 radical (unpaired) electrons. The molecule has 0 aliphatic heterocycles. The Bertz CT molecular complexity index is 259. The Labute approximate surface area is 140 Å². The molecule has 0 rings (SSSR count). The first-order valence-electron chi connectivity index (χ1n) is 10.1. The molecule has 0 fully saturated rings. The summed E-state index contributed by atoms with van der Waals surface area (Å²) in [6.45, 7) is 8.60. The number of Topliss-reactive ketones (excluding diaryl/α,β-unsaturated/α-hetero) is 1. The van der Waals surface area contributed by atoms with Gasteiger partial charge in [0, 0.05) is 11.8 Å². The van der Waals surface area contributed by atoms with Gasteiger partial charge in [-0.3, -0.25) is 4.79 Å². The Balaban J connectivity index is 3.41. The number of hydrogen-bond donors (Lipinski definition) is 0. The number of rotatable bonds is 16. The molecule has 0 saturated heterocycles. The zero-order valence-electron chi connectivity index (χ0n) is 16.0. The average molecular weight is 311 g/mol. The lowest BCUT2D eigenvalue weighted by Gasteiger charge is -2.26. The van der Waals surface area contributed by atoms with Crippen LogP contribution in [-0.2, 0) is 4.79 Å². The number of unbranched alkanes of at least 4 members (excludes halogenated alkanes) is 11. The Morgan fingerprint density at radius 2 is 1.09 bits per heavy atom. The zero-order chi connectivity index (χ0) is 16.7. The van der Waals surface area contributed by atoms with E-state index in [2.05, 4.69) is 20.8 Å². The second kappa shape index (κ2) is 14.3. The SMILES string of the molecule is CCCCCCCCCCCCCCC(C)(CC)C(=O)CC. The molecule has 0 spiro atoms. The molecule has 1 unspecified atom stereocenters. The van der Waals surface area contributed by atoms with Crippen LogP contribution in [0, 0.1) is 5.41 Å². The molecule has 1 nitrogen and oxygen atoms in total. The maximum absolute atomic E-state index is 12.0. The predicted octanol–water partition coefficient (Wildman–Crippen LogP) is 7.47. The van der Waals surface area contributed by atoms with Crippen LogP contribution in [0.2, 0.25) is 0 Å². The van der Waals surface area contributed by atoms with E-state index in [1.807, 2.05) is 6.92 Å². The molecule has 22 heavy (non-hydrogen) atoms. The van der Waals surface area contributed by atoms with Gasteiger partial charge in [-0.1, -0.05) is 105 Å². The largest absolute Gasteiger partial charge is 0.299 e. The molecule has 1 heteroatoms. The van der Waals surface area contributed by atoms with Crippen molar-refractivity contribution < 1.29 is 4.79 Å². The molecule has 0 amide bonds. The first-order chi connectivity index (χ1) is 10.6. The van der Waals surface area contributed by atoms with Crippen LogP contribution in [0.15, 0.2) is 0 Å². The molecule has 1 atom stereocenters. The lowest BCUT2D eigenvalue weighted by Crippen LogP contribution is -2.26. The molecular weight excluding hydrogens is 268 g/mol. The van der Waals surface area contributed by atoms with Crippen LogP contribution in [-0.4, -0.2) is 5.78 Å². The van der Waals surface area contributed by atoms with E-state index >= 15 is 0 Å². The van der Waals surface area contributed by atoms with E-state index in [4.69, 9.17) is 0 Å². The molecule has 132 valence electrons. The van der Waals surface area contributed by atoms with Crippen LogP contribution < -0.4 is 0 Å². The zero-order valence-corrected chi connectivity index (χ0v) is 16.0. The molecule has 0 saturated carbocycles. The summed E-state index contributed by atoms with van der Waals surface area (Å²) < 4.78 is 0. The van der Waals surface area contributed by atoms with Crippen molar-refractivity contribution >= 4 is 5.78 Å². The molecule has 0 aliphatic carbocycles. The monoisotopic (exact) mass is 310 g/mol. The summed E-state index contributed by atoms with van der Waals surface area (Å²) in [5.41, 5.74) is -0.0484. The van der Waals surface area contributed by atoms with Gasteiger partial charge < -0.3 is 0 Å². The van der Waals surface area contributed by atoms with Crippen molar-refractivity contribution in [1.29, 1.82) is 0 Å². The Kier molecular flexibility index (Phi) is 14.1. The van der Waals surface area contributed by atoms with Crippen molar-refractivity contribution in [2.45, 2.75) is 124 Å². The van der Waals surface area contributed by atoms with Crippen molar-refractivity contribution in [2.24, 2.45) is 5.41 Å². The maximum atomic E-state index is 12.0. The molecule has 0 N–H and O–H groups in total. The van der Waals surface area contributed by atoms with Gasteiger partial charge in [-0.2, -0.15) is 0 Å². The van der Waals surface area contributed by atoms with E-state index in [-0.39, 0.29) is 5.41 Å². The Morgan fingerprint density at radius 1 is 0.682 bits per heavy atom. The van der Waals surface area contributed by atoms with E-state index in [0.29, 0.717) is 12.2 Å². The molecule has 0 aromatic carbocycles. The van der Waals surface area contributed by atoms with E-state index in [1.54, 1.807) is 0 Å². The predicted molar refractivity (Wildman–Crippen MR) is 99.4 cm³/mol. The van der Waals surface area contributed by atoms with Gasteiger partial charge in [0.25, 0.3) is 0 Å². The normalized spacial score (nSPS) is 14.0. The van der Waals surface area contributed by atoms with Crippen LogP contribution in [0.3, 0.4) is 0 Å². The van der Waals surface area contributed by atoms with Crippen molar-refractivity contribution in [3.63, 3.8) is 0 Å². The fourth-order valence-corrected chi connectivity index (χ4v) is 3.30. The lowest BCUT2D eigenvalue weighted by molar-refractivity contribution is -0.128. The first kappa shape index (κ1) is 21.7. The van der Waals surface area contributed by atoms with E-state index < -0.39 is 0 Å². The van der Waals surface area contributed by atoms with Gasteiger partial charge in [-0.15, -0.1) is 0 Å². The van der Waals surface area contributed by atoms with Crippen molar-refractivity contribution in [3.8, 4) is 0 Å². The van der Waals surface area contributed by atoms with Gasteiger partial charge in [-0.05, 0) is 12.8 Å². The van der Waals surface area contributed by atoms with Crippen molar-refractivity contribution in [2.75, 3.05) is 0 Å². The number of carbonyl (C=O) groups excluding carboxylic acids is 1. The quantitative estimate of drug-likeness (QED) is 0.270. The first-order valence-corrected chi connectivity index (χ1v) is 10.1. The number of carbonyl (C=O) groups is 1. The van der Waals surface area contributed by atoms with E-state index in [1.165, 1.54) is 77.0 Å². The van der Waals surface area contributed by atoms with Gasteiger partial charge in [0.1, 0.15) is 5.78 Å². The summed E-state index contributed by atoms with van der Waals surface area (Å²) in [5, 5.41) is 0. The highest BCUT2D eigenvalue weighted by Crippen LogP contribution is 2.30. The molecule has 0 aliphatic rings. The van der Waals surface area contributed by atoms with Gasteiger partial charge in [0.05, 0.1) is 0 Å². The third-order valence-electron chi connectivity index (χ3n) is 5.36. The molecular formula is C21H42O. The number of ketones is 1. The summed E-state index contributed by atoms with van der Waals surface area (Å²) in [4.78, 5) is 12.0. The van der Waals surface area contributed by atoms with Crippen LogP contribution in [0.4, 0.5) is 0 Å². The van der Waals surface area contributed by atoms with Crippen molar-refractivity contribution in [1.82, 2.24) is 0 Å². The molecule has 0 aromatic heterocycles. The third-order valence-corrected chi connectivity index (χ3v) is 5.36. The van der Waals surface area contributed by atoms with Crippen molar-refractivity contribution in [3.05, 3.63) is 0 Å². The van der Waals surface area contributed by atoms with E-state index in [0.717, 1.165) is 12.8 Å². The van der Waals surface area contributed by atoms with Gasteiger partial charge >= 0.3 is 0 Å². The minimum atomic E-state index is -0.0484. The summed E-state index contributed by atoms with van der Waals surface area (Å²) in [6.07, 6.45) is 19.4. The second-order valence-corrected chi connectivity index (χ2v) is 7.33. The van der Waals surface area contributed by atoms with E-state index in [9.17, 15) is 4.79 Å². The van der Waals surface area contributed by atoms with Crippen LogP contribution in [0.5, 0.6) is 0 Å². The van der Waals surface area contributed by atoms with Gasteiger partial charge in [0.2, 0.25) is 0 Å². The van der Waals surface area contributed by atoms with Crippen LogP contribution in [0.1, 0.15) is 124 Å². The lowest BCUT2D eigenvalue weighted by atomic mass is 9.77. The Morgan fingerprint density at radius 3 is 1.45 bits per heavy atom. The molecule has 0 aromatic rings. The average Bonchev–Trinajstić information content (AvgIpc) is 2.54. The summed E-state index contributed by atoms with van der Waals surface area (Å²) in [6, 6.07) is 0. The number of hydrogen-bond acceptors (Lipinski definition) is 1. The highest BCUT2D eigenvalue weighted by Gasteiger charge is 2.28. The standard InChI is InChI=1S/C21H42O/c1-5-8-9-10-11-12-13-14-15-16-17-18-19-21(4,7-3)20(22)6-2/h5-19H2,1-4H3. The van der Waals surface area contributed by atoms with Gasteiger partial charge in [-0.25, -0.2) is 0 Å². The smallest absolute Gasteiger partial charge is 0.138 e. The fourth-order valence-electron chi connectivity index (χ4n) is 3.30. The second-order valence-electron chi connectivity index (χ2n) is 7.33. The van der Waals surface area contributed by atoms with Crippen LogP contribution >= 0.6 is 0 Å². The fraction of sp³-hybridized carbons (Fsp3) is 0.952. The van der Waals surface area contributed by atoms with Gasteiger partial charge in [0.15, 0.2) is 0 Å². The minimum Gasteiger partial charge on any atom is -0.299 e. The summed E-state index contributed by atoms with van der Waals surface area (Å²) >= 11 is 0. The minimum absolute atomic E-state index is 0.0484. The highest BCUT2D eigenvalue weighted by molar-refractivity contribution is 5.84. The molecule has 0 heterocycles. The maximum Gasteiger partial charge on any atom is 0.138 e. The third kappa shape index (κ3) is 10.4.